The Kier molecular flexibility index (Phi) is 8.18. The quantitative estimate of drug-likeness (QED) is 0.748. The zero-order valence-corrected chi connectivity index (χ0v) is 12.4. The lowest BCUT2D eigenvalue weighted by Crippen LogP contribution is -2.32. The van der Waals surface area contributed by atoms with Crippen molar-refractivity contribution in [2.75, 3.05) is 19.6 Å². The van der Waals surface area contributed by atoms with E-state index in [0.717, 1.165) is 17.7 Å². The van der Waals surface area contributed by atoms with E-state index in [0.29, 0.717) is 13.1 Å². The lowest BCUT2D eigenvalue weighted by Gasteiger charge is -2.07. The summed E-state index contributed by atoms with van der Waals surface area (Å²) < 4.78 is 26.0. The predicted molar refractivity (Wildman–Crippen MR) is 77.6 cm³/mol. The molecule has 0 aliphatic heterocycles. The fourth-order valence-corrected chi connectivity index (χ4v) is 2.68. The predicted octanol–water partition coefficient (Wildman–Crippen LogP) is 1.45. The average Bonchev–Trinajstić information content (AvgIpc) is 2.24. The van der Waals surface area contributed by atoms with Gasteiger partial charge in [0.15, 0.2) is 0 Å². The van der Waals surface area contributed by atoms with Crippen molar-refractivity contribution in [3.05, 3.63) is 35.4 Å². The van der Waals surface area contributed by atoms with Gasteiger partial charge in [0.25, 0.3) is 0 Å². The second-order valence-electron chi connectivity index (χ2n) is 4.00. The Labute approximate surface area is 116 Å². The molecule has 1 aromatic rings. The van der Waals surface area contributed by atoms with Crippen molar-refractivity contribution in [1.82, 2.24) is 10.0 Å². The molecular formula is C12H21ClN2O2S. The second-order valence-corrected chi connectivity index (χ2v) is 5.80. The van der Waals surface area contributed by atoms with Crippen LogP contribution in [-0.4, -0.2) is 28.1 Å². The van der Waals surface area contributed by atoms with Gasteiger partial charge in [-0.2, -0.15) is 0 Å². The highest BCUT2D eigenvalue weighted by atomic mass is 35.5. The summed E-state index contributed by atoms with van der Waals surface area (Å²) in [4.78, 5) is 0. The summed E-state index contributed by atoms with van der Waals surface area (Å²) in [7, 11) is -3.22. The van der Waals surface area contributed by atoms with Crippen molar-refractivity contribution in [3.63, 3.8) is 0 Å². The van der Waals surface area contributed by atoms with E-state index >= 15 is 0 Å². The molecule has 18 heavy (non-hydrogen) atoms. The topological polar surface area (TPSA) is 58.2 Å². The summed E-state index contributed by atoms with van der Waals surface area (Å²) in [6.07, 6.45) is 0. The van der Waals surface area contributed by atoms with Gasteiger partial charge in [0.1, 0.15) is 0 Å². The molecule has 0 bridgehead atoms. The first-order valence-corrected chi connectivity index (χ1v) is 7.42. The smallest absolute Gasteiger partial charge is 0.215 e. The molecule has 6 heteroatoms. The summed E-state index contributed by atoms with van der Waals surface area (Å²) in [5, 5.41) is 3.07. The molecule has 0 saturated heterocycles. The van der Waals surface area contributed by atoms with Crippen molar-refractivity contribution >= 4 is 22.4 Å². The molecule has 0 aliphatic carbocycles. The van der Waals surface area contributed by atoms with Gasteiger partial charge in [-0.05, 0) is 19.0 Å². The first kappa shape index (κ1) is 17.4. The van der Waals surface area contributed by atoms with Crippen LogP contribution < -0.4 is 10.0 Å². The van der Waals surface area contributed by atoms with Crippen LogP contribution in [0, 0.1) is 6.92 Å². The van der Waals surface area contributed by atoms with Crippen LogP contribution in [0.3, 0.4) is 0 Å². The highest BCUT2D eigenvalue weighted by molar-refractivity contribution is 7.88. The van der Waals surface area contributed by atoms with Gasteiger partial charge in [0, 0.05) is 13.1 Å². The Bertz CT molecular complexity index is 449. The van der Waals surface area contributed by atoms with Crippen LogP contribution in [0.1, 0.15) is 18.1 Å². The van der Waals surface area contributed by atoms with Crippen LogP contribution in [0.4, 0.5) is 0 Å². The lowest BCUT2D eigenvalue weighted by molar-refractivity contribution is 0.576. The molecule has 0 atom stereocenters. The number of sulfonamides is 1. The number of hydrogen-bond donors (Lipinski definition) is 2. The summed E-state index contributed by atoms with van der Waals surface area (Å²) >= 11 is 0. The van der Waals surface area contributed by atoms with Crippen LogP contribution in [0.25, 0.3) is 0 Å². The molecule has 0 saturated carbocycles. The van der Waals surface area contributed by atoms with Gasteiger partial charge >= 0.3 is 0 Å². The molecule has 0 unspecified atom stereocenters. The summed E-state index contributed by atoms with van der Waals surface area (Å²) in [5.74, 6) is 0.0425. The SMILES string of the molecule is CCNCCNS(=O)(=O)Cc1cccc(C)c1.Cl. The van der Waals surface area contributed by atoms with Gasteiger partial charge in [-0.1, -0.05) is 36.8 Å². The van der Waals surface area contributed by atoms with Crippen LogP contribution in [0.2, 0.25) is 0 Å². The number of rotatable bonds is 7. The molecule has 0 amide bonds. The standard InChI is InChI=1S/C12H20N2O2S.ClH/c1-3-13-7-8-14-17(15,16)10-12-6-4-5-11(2)9-12;/h4-6,9,13-14H,3,7-8,10H2,1-2H3;1H. The normalized spacial score (nSPS) is 11.0. The van der Waals surface area contributed by atoms with Crippen LogP contribution in [0.15, 0.2) is 24.3 Å². The molecule has 0 heterocycles. The van der Waals surface area contributed by atoms with Crippen molar-refractivity contribution < 1.29 is 8.42 Å². The van der Waals surface area contributed by atoms with Gasteiger partial charge < -0.3 is 5.32 Å². The van der Waals surface area contributed by atoms with E-state index in [2.05, 4.69) is 10.0 Å². The minimum absolute atomic E-state index is 0. The largest absolute Gasteiger partial charge is 0.316 e. The number of aryl methyl sites for hydroxylation is 1. The highest BCUT2D eigenvalue weighted by Crippen LogP contribution is 2.07. The first-order chi connectivity index (χ1) is 8.03. The molecule has 0 fully saturated rings. The molecule has 2 N–H and O–H groups in total. The van der Waals surface area contributed by atoms with Crippen LogP contribution in [-0.2, 0) is 15.8 Å². The summed E-state index contributed by atoms with van der Waals surface area (Å²) in [6.45, 7) is 5.88. The highest BCUT2D eigenvalue weighted by Gasteiger charge is 2.10. The Morgan fingerprint density at radius 2 is 1.94 bits per heavy atom. The maximum absolute atomic E-state index is 11.7. The van der Waals surface area contributed by atoms with Gasteiger partial charge in [-0.3, -0.25) is 0 Å². The van der Waals surface area contributed by atoms with Gasteiger partial charge in [0.2, 0.25) is 10.0 Å². The average molecular weight is 293 g/mol. The Morgan fingerprint density at radius 1 is 1.22 bits per heavy atom. The number of benzene rings is 1. The van der Waals surface area contributed by atoms with Gasteiger partial charge in [0.05, 0.1) is 5.75 Å². The third-order valence-electron chi connectivity index (χ3n) is 2.31. The zero-order valence-electron chi connectivity index (χ0n) is 10.8. The maximum Gasteiger partial charge on any atom is 0.215 e. The van der Waals surface area contributed by atoms with Gasteiger partial charge in [-0.25, -0.2) is 13.1 Å². The molecule has 104 valence electrons. The number of nitrogens with one attached hydrogen (secondary N) is 2. The zero-order chi connectivity index (χ0) is 12.7. The fourth-order valence-electron chi connectivity index (χ4n) is 1.54. The van der Waals surface area contributed by atoms with Crippen molar-refractivity contribution in [3.8, 4) is 0 Å². The number of hydrogen-bond acceptors (Lipinski definition) is 3. The molecule has 0 spiro atoms. The molecule has 1 aromatic carbocycles. The van der Waals surface area contributed by atoms with E-state index in [1.54, 1.807) is 0 Å². The fraction of sp³-hybridized carbons (Fsp3) is 0.500. The van der Waals surface area contributed by atoms with E-state index in [1.807, 2.05) is 38.1 Å². The molecule has 0 aromatic heterocycles. The molecule has 0 aliphatic rings. The molecule has 1 rings (SSSR count). The van der Waals surface area contributed by atoms with E-state index in [9.17, 15) is 8.42 Å². The molecule has 0 radical (unpaired) electrons. The third-order valence-corrected chi connectivity index (χ3v) is 3.67. The second kappa shape index (κ2) is 8.48. The van der Waals surface area contributed by atoms with Crippen molar-refractivity contribution in [2.24, 2.45) is 0 Å². The van der Waals surface area contributed by atoms with E-state index in [4.69, 9.17) is 0 Å². The number of halogens is 1. The summed E-state index contributed by atoms with van der Waals surface area (Å²) in [6, 6.07) is 7.55. The van der Waals surface area contributed by atoms with E-state index < -0.39 is 10.0 Å². The summed E-state index contributed by atoms with van der Waals surface area (Å²) in [5.41, 5.74) is 1.89. The minimum Gasteiger partial charge on any atom is -0.316 e. The number of likely N-dealkylation sites (N-methyl/N-ethyl adjacent to an activating group) is 1. The Hall–Kier alpha value is -0.620. The Balaban J connectivity index is 0.00000289. The first-order valence-electron chi connectivity index (χ1n) is 5.77. The maximum atomic E-state index is 11.7. The van der Waals surface area contributed by atoms with E-state index in [-0.39, 0.29) is 18.2 Å². The van der Waals surface area contributed by atoms with Crippen LogP contribution >= 0.6 is 12.4 Å². The monoisotopic (exact) mass is 292 g/mol. The lowest BCUT2D eigenvalue weighted by atomic mass is 10.2. The third kappa shape index (κ3) is 6.96. The molecule has 4 nitrogen and oxygen atoms in total. The Morgan fingerprint density at radius 3 is 2.56 bits per heavy atom. The van der Waals surface area contributed by atoms with Crippen molar-refractivity contribution in [2.45, 2.75) is 19.6 Å². The van der Waals surface area contributed by atoms with E-state index in [1.165, 1.54) is 0 Å². The minimum atomic E-state index is -3.22. The van der Waals surface area contributed by atoms with Crippen LogP contribution in [0.5, 0.6) is 0 Å². The van der Waals surface area contributed by atoms with Gasteiger partial charge in [-0.15, -0.1) is 12.4 Å². The van der Waals surface area contributed by atoms with Crippen molar-refractivity contribution in [1.29, 1.82) is 0 Å². The molecular weight excluding hydrogens is 272 g/mol.